The molecule has 2 aliphatic heterocycles. The summed E-state index contributed by atoms with van der Waals surface area (Å²) in [5, 5.41) is 24.4. The van der Waals surface area contributed by atoms with Gasteiger partial charge in [-0.15, -0.1) is 0 Å². The number of aliphatic hydroxyl groups is 2. The highest BCUT2D eigenvalue weighted by Gasteiger charge is 2.76. The molecule has 8 heteroatoms. The van der Waals surface area contributed by atoms with Crippen LogP contribution in [-0.2, 0) is 16.0 Å². The lowest BCUT2D eigenvalue weighted by Gasteiger charge is -2.67. The molecule has 2 fully saturated rings. The van der Waals surface area contributed by atoms with E-state index >= 15 is 0 Å². The van der Waals surface area contributed by atoms with Crippen molar-refractivity contribution in [2.75, 3.05) is 7.11 Å². The van der Waals surface area contributed by atoms with Gasteiger partial charge >= 0.3 is 11.6 Å². The SMILES string of the molecule is COc1ccc(-c2cc3c(c(=O)o2)C[C@@]2(O)[C@]4(C)CCC(=O)OC(C)(C)[C@@]4(O)CC[C@]2(C)O3)cc1. The van der Waals surface area contributed by atoms with Gasteiger partial charge in [-0.2, -0.15) is 0 Å². The van der Waals surface area contributed by atoms with Crippen LogP contribution in [0.5, 0.6) is 11.5 Å². The first-order valence-electron chi connectivity index (χ1n) is 12.0. The Morgan fingerprint density at radius 3 is 2.26 bits per heavy atom. The van der Waals surface area contributed by atoms with E-state index in [9.17, 15) is 19.8 Å². The van der Waals surface area contributed by atoms with Crippen molar-refractivity contribution >= 4 is 5.97 Å². The lowest BCUT2D eigenvalue weighted by molar-refractivity contribution is -0.321. The van der Waals surface area contributed by atoms with Gasteiger partial charge in [-0.3, -0.25) is 4.79 Å². The van der Waals surface area contributed by atoms with Crippen molar-refractivity contribution in [3.05, 3.63) is 46.3 Å². The van der Waals surface area contributed by atoms with Crippen LogP contribution >= 0.6 is 0 Å². The van der Waals surface area contributed by atoms with Crippen LogP contribution in [0.25, 0.3) is 11.3 Å². The van der Waals surface area contributed by atoms with Gasteiger partial charge in [-0.25, -0.2) is 4.79 Å². The summed E-state index contributed by atoms with van der Waals surface area (Å²) in [6, 6.07) is 8.80. The van der Waals surface area contributed by atoms with Crippen molar-refractivity contribution in [3.63, 3.8) is 0 Å². The Bertz CT molecular complexity index is 1250. The molecule has 188 valence electrons. The second kappa shape index (κ2) is 7.34. The van der Waals surface area contributed by atoms with Crippen molar-refractivity contribution in [1.29, 1.82) is 0 Å². The summed E-state index contributed by atoms with van der Waals surface area (Å²) in [7, 11) is 1.58. The smallest absolute Gasteiger partial charge is 0.343 e. The second-order valence-corrected chi connectivity index (χ2v) is 11.0. The van der Waals surface area contributed by atoms with E-state index in [0.717, 1.165) is 0 Å². The molecule has 2 aromatic rings. The summed E-state index contributed by atoms with van der Waals surface area (Å²) < 4.78 is 22.9. The maximum atomic E-state index is 13.2. The van der Waals surface area contributed by atoms with E-state index in [-0.39, 0.29) is 31.2 Å². The molecule has 4 atom stereocenters. The molecule has 3 heterocycles. The van der Waals surface area contributed by atoms with Gasteiger partial charge in [0, 0.05) is 29.9 Å². The maximum Gasteiger partial charge on any atom is 0.343 e. The molecule has 0 spiro atoms. The molecule has 0 radical (unpaired) electrons. The van der Waals surface area contributed by atoms with Crippen LogP contribution in [0.1, 0.15) is 58.9 Å². The van der Waals surface area contributed by atoms with E-state index in [1.165, 1.54) is 0 Å². The van der Waals surface area contributed by atoms with Gasteiger partial charge in [-0.1, -0.05) is 6.92 Å². The first-order chi connectivity index (χ1) is 16.3. The van der Waals surface area contributed by atoms with Crippen LogP contribution in [0.4, 0.5) is 0 Å². The van der Waals surface area contributed by atoms with Crippen molar-refractivity contribution in [1.82, 2.24) is 0 Å². The molecule has 0 amide bonds. The van der Waals surface area contributed by atoms with Crippen LogP contribution in [0, 0.1) is 5.41 Å². The maximum absolute atomic E-state index is 13.2. The summed E-state index contributed by atoms with van der Waals surface area (Å²) in [6.45, 7) is 6.93. The van der Waals surface area contributed by atoms with Crippen molar-refractivity contribution < 1.29 is 33.6 Å². The Balaban J connectivity index is 1.63. The summed E-state index contributed by atoms with van der Waals surface area (Å²) >= 11 is 0. The van der Waals surface area contributed by atoms with Gasteiger partial charge in [0.05, 0.1) is 12.7 Å². The second-order valence-electron chi connectivity index (χ2n) is 11.0. The molecule has 1 saturated carbocycles. The first-order valence-corrected chi connectivity index (χ1v) is 12.0. The summed E-state index contributed by atoms with van der Waals surface area (Å²) in [5.41, 5.74) is -6.48. The number of esters is 1. The molecule has 2 N–H and O–H groups in total. The lowest BCUT2D eigenvalue weighted by atomic mass is 9.45. The number of hydrogen-bond donors (Lipinski definition) is 2. The minimum Gasteiger partial charge on any atom is -0.497 e. The standard InChI is InChI=1S/C27H32O8/c1-23(2)26(30)13-12-25(4)27(31,24(26,3)11-10-21(28)35-23)15-18-20(34-25)14-19(33-22(18)29)16-6-8-17(32-5)9-7-16/h6-9,14,30-31H,10-13,15H2,1-5H3/t24-,25+,26+,27-/m1/s1. The molecular formula is C27H32O8. The Morgan fingerprint density at radius 1 is 0.914 bits per heavy atom. The molecule has 1 aromatic carbocycles. The molecule has 0 bridgehead atoms. The van der Waals surface area contributed by atoms with Gasteiger partial charge in [0.25, 0.3) is 0 Å². The minimum absolute atomic E-state index is 0.0402. The van der Waals surface area contributed by atoms with E-state index in [0.29, 0.717) is 29.2 Å². The third kappa shape index (κ3) is 3.05. The zero-order valence-corrected chi connectivity index (χ0v) is 20.8. The molecular weight excluding hydrogens is 452 g/mol. The van der Waals surface area contributed by atoms with Crippen LogP contribution in [0.3, 0.4) is 0 Å². The fourth-order valence-electron chi connectivity index (χ4n) is 6.64. The monoisotopic (exact) mass is 484 g/mol. The number of cyclic esters (lactones) is 1. The minimum atomic E-state index is -1.67. The number of carbonyl (C=O) groups excluding carboxylic acids is 1. The van der Waals surface area contributed by atoms with Crippen LogP contribution < -0.4 is 15.1 Å². The molecule has 1 saturated heterocycles. The summed E-state index contributed by atoms with van der Waals surface area (Å²) in [5.74, 6) is 0.955. The van der Waals surface area contributed by atoms with Crippen LogP contribution in [-0.4, -0.2) is 45.7 Å². The van der Waals surface area contributed by atoms with Crippen LogP contribution in [0.15, 0.2) is 39.5 Å². The molecule has 8 nitrogen and oxygen atoms in total. The predicted octanol–water partition coefficient (Wildman–Crippen LogP) is 3.39. The number of benzene rings is 1. The zero-order chi connectivity index (χ0) is 25.4. The number of ether oxygens (including phenoxy) is 3. The number of methoxy groups -OCH3 is 1. The number of carbonyl (C=O) groups is 1. The highest BCUT2D eigenvalue weighted by atomic mass is 16.6. The van der Waals surface area contributed by atoms with Crippen LogP contribution in [0.2, 0.25) is 0 Å². The predicted molar refractivity (Wildman–Crippen MR) is 126 cm³/mol. The molecule has 1 aliphatic carbocycles. The highest BCUT2D eigenvalue weighted by molar-refractivity contribution is 5.71. The number of hydrogen-bond acceptors (Lipinski definition) is 8. The molecule has 5 rings (SSSR count). The number of rotatable bonds is 2. The van der Waals surface area contributed by atoms with Crippen molar-refractivity contribution in [2.45, 2.75) is 82.2 Å². The molecule has 35 heavy (non-hydrogen) atoms. The quantitative estimate of drug-likeness (QED) is 0.624. The van der Waals surface area contributed by atoms with E-state index < -0.39 is 39.4 Å². The average molecular weight is 485 g/mol. The molecule has 3 aliphatic rings. The zero-order valence-electron chi connectivity index (χ0n) is 20.8. The van der Waals surface area contributed by atoms with Gasteiger partial charge in [-0.05, 0) is 64.3 Å². The van der Waals surface area contributed by atoms with Gasteiger partial charge in [0.15, 0.2) is 0 Å². The third-order valence-corrected chi connectivity index (χ3v) is 9.01. The van der Waals surface area contributed by atoms with Gasteiger partial charge in [0.1, 0.15) is 39.7 Å². The van der Waals surface area contributed by atoms with E-state index in [1.54, 1.807) is 58.2 Å². The Morgan fingerprint density at radius 2 is 1.60 bits per heavy atom. The van der Waals surface area contributed by atoms with E-state index in [2.05, 4.69) is 0 Å². The summed E-state index contributed by atoms with van der Waals surface area (Å²) in [6.07, 6.45) is 0.705. The summed E-state index contributed by atoms with van der Waals surface area (Å²) in [4.78, 5) is 25.6. The topological polar surface area (TPSA) is 115 Å². The average Bonchev–Trinajstić information content (AvgIpc) is 2.87. The Hall–Kier alpha value is -2.84. The first kappa shape index (κ1) is 23.9. The van der Waals surface area contributed by atoms with E-state index in [1.807, 2.05) is 6.92 Å². The molecule has 1 aromatic heterocycles. The fourth-order valence-corrected chi connectivity index (χ4v) is 6.64. The van der Waals surface area contributed by atoms with E-state index in [4.69, 9.17) is 18.6 Å². The Labute approximate surface area is 203 Å². The molecule has 0 unspecified atom stereocenters. The fraction of sp³-hybridized carbons (Fsp3) is 0.556. The lowest BCUT2D eigenvalue weighted by Crippen LogP contribution is -2.80. The van der Waals surface area contributed by atoms with Crippen molar-refractivity contribution in [2.24, 2.45) is 5.41 Å². The largest absolute Gasteiger partial charge is 0.497 e. The normalized spacial score (nSPS) is 35.5. The Kier molecular flexibility index (Phi) is 5.01. The van der Waals surface area contributed by atoms with Gasteiger partial charge in [0.2, 0.25) is 0 Å². The van der Waals surface area contributed by atoms with Gasteiger partial charge < -0.3 is 28.8 Å². The number of fused-ring (bicyclic) bond motifs is 4. The third-order valence-electron chi connectivity index (χ3n) is 9.01. The highest BCUT2D eigenvalue weighted by Crippen LogP contribution is 2.64. The van der Waals surface area contributed by atoms with Crippen molar-refractivity contribution in [3.8, 4) is 22.8 Å².